The molecule has 0 saturated heterocycles. The van der Waals surface area contributed by atoms with E-state index < -0.39 is 0 Å². The minimum Gasteiger partial charge on any atom is -0.506 e. The van der Waals surface area contributed by atoms with Gasteiger partial charge >= 0.3 is 0 Å². The van der Waals surface area contributed by atoms with Gasteiger partial charge in [0.05, 0.1) is 4.47 Å². The molecule has 0 spiro atoms. The molecule has 1 N–H and O–H groups in total. The number of nitrogens with zero attached hydrogens (tertiary/aromatic N) is 1. The predicted molar refractivity (Wildman–Crippen MR) is 68.7 cm³/mol. The third-order valence-corrected chi connectivity index (χ3v) is 3.62. The average Bonchev–Trinajstić information content (AvgIpc) is 2.10. The summed E-state index contributed by atoms with van der Waals surface area (Å²) < 4.78 is 1.62. The fourth-order valence-corrected chi connectivity index (χ4v) is 2.66. The van der Waals surface area contributed by atoms with Crippen LogP contribution < -0.4 is 0 Å². The predicted octanol–water partition coefficient (Wildman–Crippen LogP) is 3.89. The average molecular weight is 333 g/mol. The van der Waals surface area contributed by atoms with E-state index >= 15 is 0 Å². The van der Waals surface area contributed by atoms with Crippen LogP contribution in [0.1, 0.15) is 24.8 Å². The molecule has 80 valence electrons. The highest BCUT2D eigenvalue weighted by Crippen LogP contribution is 2.31. The minimum absolute atomic E-state index is 0.251. The Morgan fingerprint density at radius 3 is 2.67 bits per heavy atom. The maximum absolute atomic E-state index is 9.77. The highest BCUT2D eigenvalue weighted by atomic mass is 79.9. The van der Waals surface area contributed by atoms with Crippen LogP contribution in [-0.2, 0) is 0 Å². The molecule has 2 rings (SSSR count). The van der Waals surface area contributed by atoms with Crippen LogP contribution in [0.3, 0.4) is 0 Å². The number of aliphatic imine (C=N–C) groups is 1. The van der Waals surface area contributed by atoms with Gasteiger partial charge in [-0.15, -0.1) is 0 Å². The summed E-state index contributed by atoms with van der Waals surface area (Å²) in [6, 6.07) is 4.14. The van der Waals surface area contributed by atoms with E-state index in [0.717, 1.165) is 10.0 Å². The van der Waals surface area contributed by atoms with Crippen molar-refractivity contribution in [2.24, 2.45) is 4.99 Å². The number of phenolic OH excluding ortho intramolecular Hbond substituents is 1. The molecule has 1 aromatic rings. The van der Waals surface area contributed by atoms with Crippen LogP contribution in [0.4, 0.5) is 0 Å². The zero-order valence-corrected chi connectivity index (χ0v) is 11.3. The van der Waals surface area contributed by atoms with E-state index in [1.54, 1.807) is 6.21 Å². The van der Waals surface area contributed by atoms with E-state index in [2.05, 4.69) is 36.9 Å². The van der Waals surface area contributed by atoms with Crippen LogP contribution in [0.25, 0.3) is 0 Å². The lowest BCUT2D eigenvalue weighted by atomic mass is 9.94. The van der Waals surface area contributed by atoms with Gasteiger partial charge in [0.25, 0.3) is 0 Å². The lowest BCUT2D eigenvalue weighted by Crippen LogP contribution is -2.14. The van der Waals surface area contributed by atoms with E-state index in [-0.39, 0.29) is 5.75 Å². The Bertz CT molecular complexity index is 400. The molecular weight excluding hydrogens is 322 g/mol. The van der Waals surface area contributed by atoms with Gasteiger partial charge in [-0.25, -0.2) is 0 Å². The number of rotatable bonds is 2. The largest absolute Gasteiger partial charge is 0.506 e. The van der Waals surface area contributed by atoms with Crippen LogP contribution in [0.2, 0.25) is 0 Å². The van der Waals surface area contributed by atoms with Crippen molar-refractivity contribution in [3.63, 3.8) is 0 Å². The molecule has 0 unspecified atom stereocenters. The molecular formula is C11H11Br2NO. The Morgan fingerprint density at radius 1 is 1.33 bits per heavy atom. The molecule has 1 aliphatic carbocycles. The molecule has 0 aromatic heterocycles. The quantitative estimate of drug-likeness (QED) is 0.819. The maximum Gasteiger partial charge on any atom is 0.138 e. The van der Waals surface area contributed by atoms with Gasteiger partial charge in [0, 0.05) is 22.3 Å². The minimum atomic E-state index is 0.251. The van der Waals surface area contributed by atoms with Gasteiger partial charge in [-0.2, -0.15) is 0 Å². The molecule has 1 fully saturated rings. The lowest BCUT2D eigenvalue weighted by Gasteiger charge is -2.20. The van der Waals surface area contributed by atoms with Gasteiger partial charge in [-0.3, -0.25) is 4.99 Å². The Kier molecular flexibility index (Phi) is 3.46. The highest BCUT2D eigenvalue weighted by molar-refractivity contribution is 9.11. The summed E-state index contributed by atoms with van der Waals surface area (Å²) in [5.74, 6) is 0.251. The molecule has 0 amide bonds. The van der Waals surface area contributed by atoms with Crippen molar-refractivity contribution in [1.82, 2.24) is 0 Å². The monoisotopic (exact) mass is 331 g/mol. The molecule has 0 aliphatic heterocycles. The third-order valence-electron chi connectivity index (χ3n) is 2.56. The van der Waals surface area contributed by atoms with Crippen LogP contribution in [0.5, 0.6) is 5.75 Å². The smallest absolute Gasteiger partial charge is 0.138 e. The summed E-state index contributed by atoms with van der Waals surface area (Å²) in [5.41, 5.74) is 0.753. The third kappa shape index (κ3) is 2.61. The number of hydrogen-bond acceptors (Lipinski definition) is 2. The van der Waals surface area contributed by atoms with Crippen molar-refractivity contribution in [3.05, 3.63) is 26.6 Å². The van der Waals surface area contributed by atoms with Crippen molar-refractivity contribution in [2.75, 3.05) is 0 Å². The topological polar surface area (TPSA) is 32.6 Å². The van der Waals surface area contributed by atoms with Crippen molar-refractivity contribution >= 4 is 38.1 Å². The van der Waals surface area contributed by atoms with Gasteiger partial charge in [0.2, 0.25) is 0 Å². The van der Waals surface area contributed by atoms with Crippen LogP contribution in [0, 0.1) is 0 Å². The summed E-state index contributed by atoms with van der Waals surface area (Å²) in [6.45, 7) is 0. The summed E-state index contributed by atoms with van der Waals surface area (Å²) in [5, 5.41) is 9.77. The van der Waals surface area contributed by atoms with Gasteiger partial charge in [0.1, 0.15) is 5.75 Å². The second-order valence-electron chi connectivity index (χ2n) is 3.69. The van der Waals surface area contributed by atoms with E-state index in [1.165, 1.54) is 19.3 Å². The number of aromatic hydroxyl groups is 1. The molecule has 0 radical (unpaired) electrons. The van der Waals surface area contributed by atoms with Crippen LogP contribution in [0.15, 0.2) is 26.1 Å². The second-order valence-corrected chi connectivity index (χ2v) is 5.46. The fraction of sp³-hybridized carbons (Fsp3) is 0.364. The summed E-state index contributed by atoms with van der Waals surface area (Å²) in [4.78, 5) is 4.42. The summed E-state index contributed by atoms with van der Waals surface area (Å²) in [7, 11) is 0. The van der Waals surface area contributed by atoms with E-state index in [9.17, 15) is 5.11 Å². The lowest BCUT2D eigenvalue weighted by molar-refractivity contribution is 0.421. The van der Waals surface area contributed by atoms with Gasteiger partial charge in [-0.1, -0.05) is 15.9 Å². The molecule has 1 aromatic carbocycles. The molecule has 15 heavy (non-hydrogen) atoms. The molecule has 0 atom stereocenters. The van der Waals surface area contributed by atoms with Crippen molar-refractivity contribution < 1.29 is 5.11 Å². The fourth-order valence-electron chi connectivity index (χ4n) is 1.41. The summed E-state index contributed by atoms with van der Waals surface area (Å²) >= 11 is 6.68. The van der Waals surface area contributed by atoms with E-state index in [1.807, 2.05) is 12.1 Å². The molecule has 4 heteroatoms. The first-order chi connectivity index (χ1) is 7.16. The Balaban J connectivity index is 2.22. The SMILES string of the molecule is Oc1c(Br)cc(Br)cc1C=NC1CCC1. The zero-order chi connectivity index (χ0) is 10.8. The van der Waals surface area contributed by atoms with Crippen molar-refractivity contribution in [2.45, 2.75) is 25.3 Å². The molecule has 1 saturated carbocycles. The number of phenols is 1. The molecule has 0 heterocycles. The standard InChI is InChI=1S/C11H11Br2NO/c12-8-4-7(11(15)10(13)5-8)6-14-9-2-1-3-9/h4-6,9,15H,1-3H2. The van der Waals surface area contributed by atoms with Gasteiger partial charge in [-0.05, 0) is 47.3 Å². The van der Waals surface area contributed by atoms with Gasteiger partial charge in [0.15, 0.2) is 0 Å². The zero-order valence-electron chi connectivity index (χ0n) is 8.08. The first kappa shape index (κ1) is 11.1. The first-order valence-electron chi connectivity index (χ1n) is 4.88. The number of hydrogen-bond donors (Lipinski definition) is 1. The van der Waals surface area contributed by atoms with Crippen LogP contribution >= 0.6 is 31.9 Å². The number of benzene rings is 1. The molecule has 1 aliphatic rings. The Morgan fingerprint density at radius 2 is 2.07 bits per heavy atom. The normalized spacial score (nSPS) is 16.9. The first-order valence-corrected chi connectivity index (χ1v) is 6.46. The van der Waals surface area contributed by atoms with Gasteiger partial charge < -0.3 is 5.11 Å². The Labute approximate surface area is 106 Å². The molecule has 2 nitrogen and oxygen atoms in total. The number of halogens is 2. The highest BCUT2D eigenvalue weighted by Gasteiger charge is 2.15. The van der Waals surface area contributed by atoms with Crippen LogP contribution in [-0.4, -0.2) is 17.4 Å². The summed E-state index contributed by atoms with van der Waals surface area (Å²) in [6.07, 6.45) is 5.38. The Hall–Kier alpha value is -0.350. The van der Waals surface area contributed by atoms with E-state index in [0.29, 0.717) is 10.5 Å². The van der Waals surface area contributed by atoms with Crippen molar-refractivity contribution in [1.29, 1.82) is 0 Å². The second kappa shape index (κ2) is 4.66. The van der Waals surface area contributed by atoms with E-state index in [4.69, 9.17) is 0 Å². The maximum atomic E-state index is 9.77. The molecule has 0 bridgehead atoms. The van der Waals surface area contributed by atoms with Crippen molar-refractivity contribution in [3.8, 4) is 5.75 Å².